The highest BCUT2D eigenvalue weighted by Gasteiger charge is 2.52. The highest BCUT2D eigenvalue weighted by atomic mass is 32.3. The van der Waals surface area contributed by atoms with Crippen molar-refractivity contribution in [3.63, 3.8) is 0 Å². The Morgan fingerprint density at radius 3 is 1.64 bits per heavy atom. The second-order valence-electron chi connectivity index (χ2n) is 2.16. The van der Waals surface area contributed by atoms with Gasteiger partial charge >= 0.3 is 10.0 Å². The normalized spacial score (nSPS) is 21.9. The zero-order valence-corrected chi connectivity index (χ0v) is 8.12. The fourth-order valence-electron chi connectivity index (χ4n) is 0.411. The van der Waals surface area contributed by atoms with Gasteiger partial charge in [-0.05, 0) is 0 Å². The summed E-state index contributed by atoms with van der Waals surface area (Å²) in [4.78, 5) is 10.5. The van der Waals surface area contributed by atoms with Gasteiger partial charge in [0.1, 0.15) is 12.5 Å². The van der Waals surface area contributed by atoms with Crippen LogP contribution < -0.4 is 0 Å². The maximum absolute atomic E-state index is 10.9. The topological polar surface area (TPSA) is 83.4 Å². The first-order valence-corrected chi connectivity index (χ1v) is 5.85. The van der Waals surface area contributed by atoms with E-state index in [-0.39, 0.29) is 0 Å². The lowest BCUT2D eigenvalue weighted by atomic mass is 10.5. The molecule has 0 amide bonds. The van der Waals surface area contributed by atoms with Gasteiger partial charge in [-0.1, -0.05) is 0 Å². The first kappa shape index (κ1) is 11.1. The van der Waals surface area contributed by atoms with Crippen molar-refractivity contribution in [2.75, 3.05) is 12.5 Å². The summed E-state index contributed by atoms with van der Waals surface area (Å²) < 4.78 is 20.1. The van der Waals surface area contributed by atoms with Crippen molar-refractivity contribution in [3.8, 4) is 0 Å². The van der Waals surface area contributed by atoms with Crippen LogP contribution in [0.4, 0.5) is 0 Å². The Balaban J connectivity index is 4.67. The van der Waals surface area contributed by atoms with E-state index in [9.17, 15) is 13.9 Å². The van der Waals surface area contributed by atoms with E-state index in [1.54, 1.807) is 0 Å². The molecule has 0 saturated heterocycles. The number of hydrogen-bond acceptors (Lipinski definition) is 3. The average Bonchev–Trinajstić information content (AvgIpc) is 1.84. The third kappa shape index (κ3) is 2.02. The van der Waals surface area contributed by atoms with Crippen LogP contribution in [0.15, 0.2) is 0 Å². The molecule has 0 saturated carbocycles. The summed E-state index contributed by atoms with van der Waals surface area (Å²) in [5.74, 6) is -1.29. The zero-order chi connectivity index (χ0) is 9.23. The van der Waals surface area contributed by atoms with Crippen LogP contribution in [0.1, 0.15) is 6.92 Å². The van der Waals surface area contributed by atoms with Crippen molar-refractivity contribution < 1.29 is 19.0 Å². The average molecular weight is 198 g/mol. The van der Waals surface area contributed by atoms with Crippen LogP contribution in [-0.4, -0.2) is 36.8 Å². The molecule has 66 valence electrons. The lowest BCUT2D eigenvalue weighted by molar-refractivity contribution is -0.137. The van der Waals surface area contributed by atoms with Gasteiger partial charge in [0.15, 0.2) is 0 Å². The number of aliphatic carboxylic acids is 1. The van der Waals surface area contributed by atoms with Crippen LogP contribution >= 0.6 is 0 Å². The fraction of sp³-hybridized carbons (Fsp3) is 0.800. The molecule has 0 heterocycles. The van der Waals surface area contributed by atoms with Gasteiger partial charge in [0.2, 0.25) is 0 Å². The molecule has 0 spiro atoms. The minimum Gasteiger partial charge on any atom is -0.612 e. The monoisotopic (exact) mass is 198 g/mol. The molecule has 0 aromatic heterocycles. The van der Waals surface area contributed by atoms with Gasteiger partial charge in [-0.2, -0.15) is 0 Å². The number of hydrogen-bond donors (Lipinski definition) is 1. The summed E-state index contributed by atoms with van der Waals surface area (Å²) in [7, 11) is 0. The minimum absolute atomic E-state index is 1.21. The number of carboxylic acid groups (broad SMARTS) is 1. The maximum atomic E-state index is 10.9. The molecule has 0 aliphatic heterocycles. The third-order valence-electron chi connectivity index (χ3n) is 1.49. The molecule has 2 unspecified atom stereocenters. The van der Waals surface area contributed by atoms with E-state index >= 15 is 0 Å². The number of carboxylic acids is 1. The van der Waals surface area contributed by atoms with E-state index < -0.39 is 32.4 Å². The molecular formula is C5H10O4S2. The van der Waals surface area contributed by atoms with Gasteiger partial charge in [-0.25, -0.2) is 4.79 Å². The van der Waals surface area contributed by atoms with Crippen molar-refractivity contribution in [2.24, 2.45) is 0 Å². The summed E-state index contributed by atoms with van der Waals surface area (Å²) in [6, 6.07) is 0. The Bertz CT molecular complexity index is 149. The number of carbonyl (C=O) groups is 1. The molecule has 11 heavy (non-hydrogen) atoms. The Morgan fingerprint density at radius 2 is 1.64 bits per heavy atom. The fourth-order valence-corrected chi connectivity index (χ4v) is 2.23. The zero-order valence-electron chi connectivity index (χ0n) is 6.49. The second-order valence-corrected chi connectivity index (χ2v) is 5.87. The molecule has 0 aliphatic carbocycles. The van der Waals surface area contributed by atoms with Gasteiger partial charge < -0.3 is 14.2 Å². The Morgan fingerprint density at radius 1 is 1.36 bits per heavy atom. The van der Waals surface area contributed by atoms with Gasteiger partial charge in [-0.15, -0.1) is 0 Å². The summed E-state index contributed by atoms with van der Waals surface area (Å²) in [6.45, 7) is 1.21. The summed E-state index contributed by atoms with van der Waals surface area (Å²) >= 11 is -3.26. The molecule has 0 aliphatic rings. The minimum atomic E-state index is -1.64. The van der Waals surface area contributed by atoms with Crippen LogP contribution in [-0.2, 0) is 27.1 Å². The molecular weight excluding hydrogens is 188 g/mol. The first-order chi connectivity index (χ1) is 4.83. The standard InChI is InChI=1S/C5H10O4S2/c1-5(4(6)7,10(2)8)11(3)9/h1-3H3,(H,6,7). The van der Waals surface area contributed by atoms with Gasteiger partial charge in [-0.3, -0.25) is 0 Å². The predicted molar refractivity (Wildman–Crippen MR) is 44.2 cm³/mol. The van der Waals surface area contributed by atoms with Crippen LogP contribution in [0.25, 0.3) is 0 Å². The number of rotatable bonds is 3. The van der Waals surface area contributed by atoms with Gasteiger partial charge in [0.05, 0.1) is 0 Å². The van der Waals surface area contributed by atoms with Gasteiger partial charge in [0.25, 0.3) is 0 Å². The smallest absolute Gasteiger partial charge is 0.413 e. The Hall–Kier alpha value is 0.0900. The predicted octanol–water partition coefficient (Wildman–Crippen LogP) is -0.456. The van der Waals surface area contributed by atoms with E-state index in [2.05, 4.69) is 0 Å². The molecule has 4 nitrogen and oxygen atoms in total. The second kappa shape index (κ2) is 3.66. The van der Waals surface area contributed by atoms with E-state index in [4.69, 9.17) is 5.11 Å². The van der Waals surface area contributed by atoms with Crippen molar-refractivity contribution >= 4 is 28.3 Å². The summed E-state index contributed by atoms with van der Waals surface area (Å²) in [6.07, 6.45) is 2.46. The Kier molecular flexibility index (Phi) is 3.69. The molecule has 1 N–H and O–H groups in total. The van der Waals surface area contributed by atoms with Crippen LogP contribution in [0, 0.1) is 0 Å². The van der Waals surface area contributed by atoms with Gasteiger partial charge in [0, 0.05) is 29.3 Å². The van der Waals surface area contributed by atoms with Crippen molar-refractivity contribution in [3.05, 3.63) is 0 Å². The quantitative estimate of drug-likeness (QED) is 0.622. The lowest BCUT2D eigenvalue weighted by Gasteiger charge is -2.25. The molecule has 0 aromatic rings. The Labute approximate surface area is 71.3 Å². The van der Waals surface area contributed by atoms with Crippen molar-refractivity contribution in [2.45, 2.75) is 11.0 Å². The van der Waals surface area contributed by atoms with Crippen LogP contribution in [0.2, 0.25) is 0 Å². The van der Waals surface area contributed by atoms with Crippen LogP contribution in [0.5, 0.6) is 0 Å². The van der Waals surface area contributed by atoms with Crippen molar-refractivity contribution in [1.82, 2.24) is 0 Å². The molecule has 0 aromatic carbocycles. The first-order valence-electron chi connectivity index (χ1n) is 2.74. The van der Waals surface area contributed by atoms with E-state index in [0.29, 0.717) is 0 Å². The molecule has 0 rings (SSSR count). The molecule has 0 bridgehead atoms. The summed E-state index contributed by atoms with van der Waals surface area (Å²) in [5, 5.41) is 8.59. The van der Waals surface area contributed by atoms with E-state index in [1.165, 1.54) is 19.4 Å². The largest absolute Gasteiger partial charge is 0.612 e. The van der Waals surface area contributed by atoms with Crippen molar-refractivity contribution in [1.29, 1.82) is 0 Å². The third-order valence-corrected chi connectivity index (χ3v) is 5.44. The molecule has 0 radical (unpaired) electrons. The van der Waals surface area contributed by atoms with E-state index in [0.717, 1.165) is 0 Å². The van der Waals surface area contributed by atoms with E-state index in [1.807, 2.05) is 0 Å². The molecule has 2 atom stereocenters. The maximum Gasteiger partial charge on any atom is 0.413 e. The lowest BCUT2D eigenvalue weighted by Crippen LogP contribution is -2.49. The molecule has 6 heteroatoms. The highest BCUT2D eigenvalue weighted by Crippen LogP contribution is 2.22. The summed E-state index contributed by atoms with van der Waals surface area (Å²) in [5.41, 5.74) is 0. The van der Waals surface area contributed by atoms with Crippen LogP contribution in [0.3, 0.4) is 0 Å². The molecule has 0 fully saturated rings. The highest BCUT2D eigenvalue weighted by molar-refractivity contribution is 8.10. The SMILES string of the molecule is C[S+]([O-])C(C)(C(=O)O)[S+](C)[O-].